The third-order valence-electron chi connectivity index (χ3n) is 3.43. The number of nitrogens with one attached hydrogen (secondary N) is 1. The molecule has 1 N–H and O–H groups in total. The third-order valence-corrected chi connectivity index (χ3v) is 4.38. The molecule has 1 atom stereocenters. The van der Waals surface area contributed by atoms with Crippen molar-refractivity contribution in [3.05, 3.63) is 40.1 Å². The van der Waals surface area contributed by atoms with E-state index in [4.69, 9.17) is 4.74 Å². The molecule has 0 aliphatic carbocycles. The first-order chi connectivity index (χ1) is 11.1. The standard InChI is InChI=1S/C15H15BrF3N3O2/c1-8-12(16)13(15(17,18)19)21-22(8)9(2)14(23)20-10-5-4-6-11(7-10)24-3/h4-7,9H,1-3H3,(H,20,23). The van der Waals surface area contributed by atoms with Gasteiger partial charge in [-0.2, -0.15) is 18.3 Å². The second-order valence-corrected chi connectivity index (χ2v) is 5.88. The summed E-state index contributed by atoms with van der Waals surface area (Å²) in [5, 5.41) is 6.17. The number of nitrogens with zero attached hydrogens (tertiary/aromatic N) is 2. The van der Waals surface area contributed by atoms with E-state index in [9.17, 15) is 18.0 Å². The van der Waals surface area contributed by atoms with E-state index < -0.39 is 23.8 Å². The Morgan fingerprint density at radius 2 is 2.08 bits per heavy atom. The van der Waals surface area contributed by atoms with Gasteiger partial charge in [0.05, 0.1) is 17.3 Å². The van der Waals surface area contributed by atoms with Gasteiger partial charge in [-0.15, -0.1) is 0 Å². The van der Waals surface area contributed by atoms with Crippen molar-refractivity contribution >= 4 is 27.5 Å². The van der Waals surface area contributed by atoms with Crippen LogP contribution in [0.4, 0.5) is 18.9 Å². The Morgan fingerprint density at radius 1 is 1.42 bits per heavy atom. The van der Waals surface area contributed by atoms with Crippen LogP contribution in [0.3, 0.4) is 0 Å². The second-order valence-electron chi connectivity index (χ2n) is 5.09. The first-order valence-electron chi connectivity index (χ1n) is 6.92. The highest BCUT2D eigenvalue weighted by Gasteiger charge is 2.38. The minimum Gasteiger partial charge on any atom is -0.497 e. The number of rotatable bonds is 4. The van der Waals surface area contributed by atoms with Crippen LogP contribution in [0.25, 0.3) is 0 Å². The molecule has 1 unspecified atom stereocenters. The quantitative estimate of drug-likeness (QED) is 0.829. The molecule has 2 aromatic rings. The Hall–Kier alpha value is -2.03. The number of aromatic nitrogens is 2. The molecule has 130 valence electrons. The summed E-state index contributed by atoms with van der Waals surface area (Å²) in [7, 11) is 1.49. The van der Waals surface area contributed by atoms with Crippen molar-refractivity contribution < 1.29 is 22.7 Å². The number of carbonyl (C=O) groups excluding carboxylic acids is 1. The van der Waals surface area contributed by atoms with Crippen LogP contribution in [0.2, 0.25) is 0 Å². The van der Waals surface area contributed by atoms with Crippen molar-refractivity contribution in [3.63, 3.8) is 0 Å². The van der Waals surface area contributed by atoms with E-state index in [1.165, 1.54) is 21.0 Å². The Labute approximate surface area is 144 Å². The maximum Gasteiger partial charge on any atom is 0.436 e. The zero-order chi connectivity index (χ0) is 18.1. The summed E-state index contributed by atoms with van der Waals surface area (Å²) in [6.07, 6.45) is -4.60. The molecule has 0 radical (unpaired) electrons. The predicted molar refractivity (Wildman–Crippen MR) is 86.0 cm³/mol. The molecule has 1 heterocycles. The van der Waals surface area contributed by atoms with E-state index in [2.05, 4.69) is 26.3 Å². The van der Waals surface area contributed by atoms with Crippen molar-refractivity contribution in [1.82, 2.24) is 9.78 Å². The van der Waals surface area contributed by atoms with Crippen molar-refractivity contribution in [1.29, 1.82) is 0 Å². The van der Waals surface area contributed by atoms with Gasteiger partial charge in [-0.3, -0.25) is 9.48 Å². The number of benzene rings is 1. The predicted octanol–water partition coefficient (Wildman–Crippen LogP) is 4.18. The molecule has 0 saturated carbocycles. The van der Waals surface area contributed by atoms with Gasteiger partial charge in [0.25, 0.3) is 0 Å². The summed E-state index contributed by atoms with van der Waals surface area (Å²) in [5.74, 6) is 0.0629. The number of methoxy groups -OCH3 is 1. The van der Waals surface area contributed by atoms with E-state index >= 15 is 0 Å². The lowest BCUT2D eigenvalue weighted by molar-refractivity contribution is -0.142. The highest BCUT2D eigenvalue weighted by molar-refractivity contribution is 9.10. The van der Waals surface area contributed by atoms with Gasteiger partial charge in [-0.1, -0.05) is 6.07 Å². The van der Waals surface area contributed by atoms with E-state index in [1.54, 1.807) is 24.3 Å². The van der Waals surface area contributed by atoms with Crippen molar-refractivity contribution in [2.75, 3.05) is 12.4 Å². The first kappa shape index (κ1) is 18.3. The summed E-state index contributed by atoms with van der Waals surface area (Å²) in [4.78, 5) is 12.3. The fourth-order valence-corrected chi connectivity index (χ4v) is 2.60. The van der Waals surface area contributed by atoms with E-state index in [0.717, 1.165) is 4.68 Å². The van der Waals surface area contributed by atoms with Crippen LogP contribution in [0, 0.1) is 6.92 Å². The van der Waals surface area contributed by atoms with Gasteiger partial charge in [-0.05, 0) is 41.9 Å². The van der Waals surface area contributed by atoms with Crippen LogP contribution in [0.1, 0.15) is 24.4 Å². The minimum atomic E-state index is -4.60. The van der Waals surface area contributed by atoms with Crippen LogP contribution >= 0.6 is 15.9 Å². The van der Waals surface area contributed by atoms with Gasteiger partial charge < -0.3 is 10.1 Å². The van der Waals surface area contributed by atoms with Gasteiger partial charge in [-0.25, -0.2) is 0 Å². The zero-order valence-electron chi connectivity index (χ0n) is 13.1. The molecule has 5 nitrogen and oxygen atoms in total. The molecule has 24 heavy (non-hydrogen) atoms. The number of hydrogen-bond acceptors (Lipinski definition) is 3. The number of alkyl halides is 3. The topological polar surface area (TPSA) is 56.1 Å². The molecule has 0 aliphatic heterocycles. The molecule has 1 aromatic carbocycles. The summed E-state index contributed by atoms with van der Waals surface area (Å²) in [5.41, 5.74) is -0.359. The number of anilines is 1. The number of halogens is 4. The lowest BCUT2D eigenvalue weighted by Crippen LogP contribution is -2.25. The normalized spacial score (nSPS) is 12.8. The molecule has 1 amide bonds. The van der Waals surface area contributed by atoms with E-state index in [1.807, 2.05) is 0 Å². The van der Waals surface area contributed by atoms with Crippen LogP contribution in [-0.2, 0) is 11.0 Å². The van der Waals surface area contributed by atoms with Crippen molar-refractivity contribution in [3.8, 4) is 5.75 Å². The van der Waals surface area contributed by atoms with Gasteiger partial charge in [0, 0.05) is 11.8 Å². The average molecular weight is 406 g/mol. The second kappa shape index (κ2) is 6.84. The third kappa shape index (κ3) is 3.72. The summed E-state index contributed by atoms with van der Waals surface area (Å²) < 4.78 is 44.7. The Balaban J connectivity index is 2.25. The highest BCUT2D eigenvalue weighted by atomic mass is 79.9. The first-order valence-corrected chi connectivity index (χ1v) is 7.71. The number of carbonyl (C=O) groups is 1. The van der Waals surface area contributed by atoms with Gasteiger partial charge in [0.15, 0.2) is 5.69 Å². The zero-order valence-corrected chi connectivity index (χ0v) is 14.7. The molecular weight excluding hydrogens is 391 g/mol. The van der Waals surface area contributed by atoms with Crippen molar-refractivity contribution in [2.45, 2.75) is 26.1 Å². The number of amides is 1. The maximum atomic E-state index is 12.9. The van der Waals surface area contributed by atoms with E-state index in [0.29, 0.717) is 11.4 Å². The Kier molecular flexibility index (Phi) is 5.22. The number of hydrogen-bond donors (Lipinski definition) is 1. The molecule has 0 saturated heterocycles. The maximum absolute atomic E-state index is 12.9. The van der Waals surface area contributed by atoms with Gasteiger partial charge >= 0.3 is 6.18 Å². The summed E-state index contributed by atoms with van der Waals surface area (Å²) >= 11 is 2.89. The Bertz CT molecular complexity index is 759. The lowest BCUT2D eigenvalue weighted by atomic mass is 10.2. The molecule has 1 aromatic heterocycles. The fourth-order valence-electron chi connectivity index (χ4n) is 2.12. The van der Waals surface area contributed by atoms with Crippen molar-refractivity contribution in [2.24, 2.45) is 0 Å². The summed E-state index contributed by atoms with van der Waals surface area (Å²) in [6, 6.07) is 5.74. The van der Waals surface area contributed by atoms with E-state index in [-0.39, 0.29) is 10.2 Å². The molecule has 0 bridgehead atoms. The SMILES string of the molecule is COc1cccc(NC(=O)C(C)n2nc(C(F)(F)F)c(Br)c2C)c1. The molecule has 0 fully saturated rings. The van der Waals surface area contributed by atoms with Gasteiger partial charge in [0.2, 0.25) is 5.91 Å². The largest absolute Gasteiger partial charge is 0.497 e. The average Bonchev–Trinajstić information content (AvgIpc) is 2.82. The summed E-state index contributed by atoms with van der Waals surface area (Å²) in [6.45, 7) is 2.93. The lowest BCUT2D eigenvalue weighted by Gasteiger charge is -2.15. The minimum absolute atomic E-state index is 0.170. The fraction of sp³-hybridized carbons (Fsp3) is 0.333. The highest BCUT2D eigenvalue weighted by Crippen LogP contribution is 2.36. The van der Waals surface area contributed by atoms with Gasteiger partial charge in [0.1, 0.15) is 11.8 Å². The molecule has 2 rings (SSSR count). The van der Waals surface area contributed by atoms with Crippen LogP contribution in [-0.4, -0.2) is 22.8 Å². The van der Waals surface area contributed by atoms with Crippen LogP contribution < -0.4 is 10.1 Å². The molecule has 0 spiro atoms. The molecular formula is C15H15BrF3N3O2. The van der Waals surface area contributed by atoms with Crippen LogP contribution in [0.5, 0.6) is 5.75 Å². The number of ether oxygens (including phenoxy) is 1. The smallest absolute Gasteiger partial charge is 0.436 e. The monoisotopic (exact) mass is 405 g/mol. The van der Waals surface area contributed by atoms with Crippen LogP contribution in [0.15, 0.2) is 28.7 Å². The molecule has 9 heteroatoms. The Morgan fingerprint density at radius 3 is 2.62 bits per heavy atom. The molecule has 0 aliphatic rings.